The first-order valence-corrected chi connectivity index (χ1v) is 9.90. The van der Waals surface area contributed by atoms with E-state index in [0.29, 0.717) is 41.5 Å². The van der Waals surface area contributed by atoms with E-state index in [1.807, 2.05) is 16.7 Å². The van der Waals surface area contributed by atoms with Crippen LogP contribution >= 0.6 is 0 Å². The van der Waals surface area contributed by atoms with Crippen molar-refractivity contribution in [2.24, 2.45) is 5.92 Å². The minimum Gasteiger partial charge on any atom is -0.344 e. The number of nitrogens with zero attached hydrogens (tertiary/aromatic N) is 3. The molecule has 2 bridgehead atoms. The Labute approximate surface area is 167 Å². The Balaban J connectivity index is 1.42. The van der Waals surface area contributed by atoms with Crippen molar-refractivity contribution in [3.8, 4) is 11.4 Å². The quantitative estimate of drug-likeness (QED) is 0.738. The normalized spacial score (nSPS) is 21.2. The number of likely N-dealkylation sites (tertiary alicyclic amines) is 1. The lowest BCUT2D eigenvalue weighted by atomic mass is 9.82. The molecule has 0 amide bonds. The Kier molecular flexibility index (Phi) is 4.35. The first kappa shape index (κ1) is 18.2. The van der Waals surface area contributed by atoms with Crippen molar-refractivity contribution in [1.29, 1.82) is 0 Å². The van der Waals surface area contributed by atoms with Gasteiger partial charge in [0.2, 0.25) is 0 Å². The average molecular weight is 396 g/mol. The molecule has 0 radical (unpaired) electrons. The maximum absolute atomic E-state index is 14.3. The lowest BCUT2D eigenvalue weighted by Gasteiger charge is -2.43. The summed E-state index contributed by atoms with van der Waals surface area (Å²) in [5, 5.41) is 0. The van der Waals surface area contributed by atoms with Crippen LogP contribution in [-0.2, 0) is 13.1 Å². The molecule has 5 nitrogen and oxygen atoms in total. The minimum atomic E-state index is -0.762. The lowest BCUT2D eigenvalue weighted by Crippen LogP contribution is -2.47. The maximum Gasteiger partial charge on any atom is 0.261 e. The number of aromatic amines is 1. The molecule has 1 fully saturated rings. The molecule has 1 aromatic carbocycles. The second-order valence-electron chi connectivity index (χ2n) is 8.19. The molecule has 0 unspecified atom stereocenters. The highest BCUT2D eigenvalue weighted by Gasteiger charge is 2.35. The number of pyridine rings is 1. The van der Waals surface area contributed by atoms with Gasteiger partial charge < -0.3 is 9.55 Å². The second-order valence-corrected chi connectivity index (χ2v) is 8.19. The number of imidazole rings is 1. The van der Waals surface area contributed by atoms with Crippen LogP contribution in [0.2, 0.25) is 0 Å². The number of nitrogens with one attached hydrogen (secondary N) is 1. The number of halogens is 2. The molecule has 1 saturated heterocycles. The molecule has 7 heteroatoms. The molecule has 150 valence electrons. The third kappa shape index (κ3) is 3.09. The number of rotatable bonds is 3. The van der Waals surface area contributed by atoms with Crippen LogP contribution in [0.15, 0.2) is 41.5 Å². The van der Waals surface area contributed by atoms with Gasteiger partial charge in [0.25, 0.3) is 5.56 Å². The molecule has 1 N–H and O–H groups in total. The van der Waals surface area contributed by atoms with Gasteiger partial charge in [-0.05, 0) is 37.0 Å². The monoisotopic (exact) mass is 396 g/mol. The second kappa shape index (κ2) is 6.91. The highest BCUT2D eigenvalue weighted by Crippen LogP contribution is 2.36. The Morgan fingerprint density at radius 1 is 1.14 bits per heavy atom. The van der Waals surface area contributed by atoms with Gasteiger partial charge in [-0.1, -0.05) is 12.1 Å². The zero-order valence-corrected chi connectivity index (χ0v) is 16.2. The van der Waals surface area contributed by atoms with Crippen LogP contribution in [0.4, 0.5) is 8.78 Å². The highest BCUT2D eigenvalue weighted by molar-refractivity contribution is 5.53. The topological polar surface area (TPSA) is 53.9 Å². The van der Waals surface area contributed by atoms with Crippen LogP contribution in [0, 0.1) is 24.5 Å². The fraction of sp³-hybridized carbons (Fsp3) is 0.364. The maximum atomic E-state index is 14.3. The summed E-state index contributed by atoms with van der Waals surface area (Å²) in [6, 6.07) is 7.15. The third-order valence-corrected chi connectivity index (χ3v) is 6.18. The number of benzene rings is 1. The number of piperidine rings is 1. The molecule has 2 aliphatic heterocycles. The van der Waals surface area contributed by atoms with E-state index in [2.05, 4.69) is 14.9 Å². The molecule has 2 atom stereocenters. The molecule has 5 rings (SSSR count). The molecule has 3 aromatic rings. The van der Waals surface area contributed by atoms with Crippen LogP contribution in [0.5, 0.6) is 0 Å². The zero-order chi connectivity index (χ0) is 20.1. The Hall–Kier alpha value is -2.80. The number of aromatic nitrogens is 3. The fourth-order valence-electron chi connectivity index (χ4n) is 4.82. The number of hydrogen-bond acceptors (Lipinski definition) is 3. The van der Waals surface area contributed by atoms with E-state index in [4.69, 9.17) is 0 Å². The van der Waals surface area contributed by atoms with Crippen molar-refractivity contribution >= 4 is 0 Å². The van der Waals surface area contributed by atoms with Crippen molar-refractivity contribution in [1.82, 2.24) is 19.4 Å². The molecule has 0 aliphatic carbocycles. The van der Waals surface area contributed by atoms with E-state index < -0.39 is 11.6 Å². The summed E-state index contributed by atoms with van der Waals surface area (Å²) < 4.78 is 30.1. The van der Waals surface area contributed by atoms with Gasteiger partial charge in [0.05, 0.1) is 5.56 Å². The van der Waals surface area contributed by atoms with E-state index >= 15 is 0 Å². The summed E-state index contributed by atoms with van der Waals surface area (Å²) in [5.41, 5.74) is 2.28. The van der Waals surface area contributed by atoms with Crippen LogP contribution in [0.3, 0.4) is 0 Å². The van der Waals surface area contributed by atoms with E-state index in [9.17, 15) is 13.6 Å². The number of aryl methyl sites for hydroxylation is 1. The van der Waals surface area contributed by atoms with Gasteiger partial charge in [-0.15, -0.1) is 0 Å². The molecule has 2 aliphatic rings. The molecule has 29 heavy (non-hydrogen) atoms. The first-order chi connectivity index (χ1) is 14.0. The molecular weight excluding hydrogens is 374 g/mol. The summed E-state index contributed by atoms with van der Waals surface area (Å²) in [5.74, 6) is -0.412. The van der Waals surface area contributed by atoms with E-state index in [1.54, 1.807) is 31.5 Å². The van der Waals surface area contributed by atoms with Crippen LogP contribution in [0.1, 0.15) is 29.2 Å². The summed E-state index contributed by atoms with van der Waals surface area (Å²) >= 11 is 0. The van der Waals surface area contributed by atoms with Crippen molar-refractivity contribution in [3.05, 3.63) is 75.5 Å². The summed E-state index contributed by atoms with van der Waals surface area (Å²) in [7, 11) is 0. The lowest BCUT2D eigenvalue weighted by molar-refractivity contribution is 0.113. The van der Waals surface area contributed by atoms with Crippen molar-refractivity contribution in [2.45, 2.75) is 32.4 Å². The Bertz CT molecular complexity index is 1120. The van der Waals surface area contributed by atoms with Crippen molar-refractivity contribution in [3.63, 3.8) is 0 Å². The molecule has 2 aromatic heterocycles. The summed E-state index contributed by atoms with van der Waals surface area (Å²) in [4.78, 5) is 22.4. The van der Waals surface area contributed by atoms with Crippen molar-refractivity contribution < 1.29 is 8.78 Å². The smallest absolute Gasteiger partial charge is 0.261 e. The van der Waals surface area contributed by atoms with Crippen LogP contribution < -0.4 is 5.56 Å². The first-order valence-electron chi connectivity index (χ1n) is 9.90. The van der Waals surface area contributed by atoms with Gasteiger partial charge in [0.15, 0.2) is 11.6 Å². The fourth-order valence-corrected chi connectivity index (χ4v) is 4.82. The Morgan fingerprint density at radius 2 is 2.00 bits per heavy atom. The van der Waals surface area contributed by atoms with Gasteiger partial charge in [0.1, 0.15) is 5.82 Å². The van der Waals surface area contributed by atoms with E-state index in [1.165, 1.54) is 0 Å². The molecule has 0 spiro atoms. The van der Waals surface area contributed by atoms with Gasteiger partial charge in [-0.3, -0.25) is 9.69 Å². The minimum absolute atomic E-state index is 0.0211. The van der Waals surface area contributed by atoms with E-state index in [0.717, 1.165) is 25.2 Å². The Morgan fingerprint density at radius 3 is 2.79 bits per heavy atom. The molecular formula is C22H22F2N4O. The summed E-state index contributed by atoms with van der Waals surface area (Å²) in [6.07, 6.45) is 4.36. The predicted octanol–water partition coefficient (Wildman–Crippen LogP) is 3.44. The number of H-pyrrole nitrogens is 1. The van der Waals surface area contributed by atoms with Crippen molar-refractivity contribution in [2.75, 3.05) is 13.1 Å². The predicted molar refractivity (Wildman–Crippen MR) is 106 cm³/mol. The summed E-state index contributed by atoms with van der Waals surface area (Å²) in [6.45, 7) is 4.08. The van der Waals surface area contributed by atoms with Crippen LogP contribution in [-0.4, -0.2) is 32.5 Å². The van der Waals surface area contributed by atoms with Gasteiger partial charge in [0, 0.05) is 55.7 Å². The zero-order valence-electron chi connectivity index (χ0n) is 16.2. The van der Waals surface area contributed by atoms with E-state index in [-0.39, 0.29) is 11.5 Å². The van der Waals surface area contributed by atoms with Gasteiger partial charge in [-0.25, -0.2) is 13.8 Å². The van der Waals surface area contributed by atoms with Gasteiger partial charge in [-0.2, -0.15) is 0 Å². The average Bonchev–Trinajstić information content (AvgIpc) is 3.24. The number of fused-ring (bicyclic) bond motifs is 4. The molecule has 0 saturated carbocycles. The molecule has 4 heterocycles. The van der Waals surface area contributed by atoms with Crippen LogP contribution in [0.25, 0.3) is 11.4 Å². The largest absolute Gasteiger partial charge is 0.344 e. The highest BCUT2D eigenvalue weighted by atomic mass is 19.2. The third-order valence-electron chi connectivity index (χ3n) is 6.18. The SMILES string of the molecule is Cc1ccc(CN2C[C@@H]3C[C@H](C2)c2ccc(-c4ncc[nH]4)c(=O)n2C3)c(F)c1F. The van der Waals surface area contributed by atoms with Gasteiger partial charge >= 0.3 is 0 Å². The number of hydrogen-bond donors (Lipinski definition) is 1. The standard InChI is InChI=1S/C22H22F2N4O/c1-13-2-3-15(20(24)19(13)23)11-27-9-14-8-16(12-27)18-5-4-17(21-25-6-7-26-21)22(29)28(18)10-14/h2-7,14,16H,8-12H2,1H3,(H,25,26)/t14-,16+/m0/s1.